The maximum atomic E-state index is 11.5. The zero-order chi connectivity index (χ0) is 15.7. The van der Waals surface area contributed by atoms with Gasteiger partial charge >= 0.3 is 5.97 Å². The van der Waals surface area contributed by atoms with Crippen LogP contribution in [0, 0.1) is 10.1 Å². The molecule has 0 aliphatic heterocycles. The average molecular weight is 294 g/mol. The summed E-state index contributed by atoms with van der Waals surface area (Å²) >= 11 is 0. The van der Waals surface area contributed by atoms with E-state index in [4.69, 9.17) is 0 Å². The molecule has 0 unspecified atom stereocenters. The second kappa shape index (κ2) is 5.25. The molecule has 6 heteroatoms. The van der Waals surface area contributed by atoms with E-state index in [1.54, 1.807) is 42.5 Å². The van der Waals surface area contributed by atoms with Crippen molar-refractivity contribution in [2.24, 2.45) is 0 Å². The van der Waals surface area contributed by atoms with Crippen LogP contribution in [0.3, 0.4) is 0 Å². The fourth-order valence-electron chi connectivity index (χ4n) is 2.34. The van der Waals surface area contributed by atoms with E-state index in [0.29, 0.717) is 16.5 Å². The Morgan fingerprint density at radius 3 is 2.50 bits per heavy atom. The van der Waals surface area contributed by atoms with Crippen LogP contribution in [0.25, 0.3) is 22.2 Å². The Morgan fingerprint density at radius 1 is 1.09 bits per heavy atom. The summed E-state index contributed by atoms with van der Waals surface area (Å²) in [6.45, 7) is 0. The fraction of sp³-hybridized carbons (Fsp3) is 0. The van der Waals surface area contributed by atoms with Crippen LogP contribution in [-0.4, -0.2) is 21.0 Å². The second-order valence-corrected chi connectivity index (χ2v) is 4.65. The van der Waals surface area contributed by atoms with Gasteiger partial charge in [-0.1, -0.05) is 30.3 Å². The minimum Gasteiger partial charge on any atom is -0.478 e. The van der Waals surface area contributed by atoms with Crippen LogP contribution in [0.1, 0.15) is 10.4 Å². The summed E-state index contributed by atoms with van der Waals surface area (Å²) in [6, 6.07) is 14.3. The van der Waals surface area contributed by atoms with E-state index in [1.807, 2.05) is 0 Å². The number of nitrogens with zero attached hydrogens (tertiary/aromatic N) is 2. The number of nitro benzene ring substituents is 1. The van der Waals surface area contributed by atoms with Crippen molar-refractivity contribution in [2.75, 3.05) is 0 Å². The molecule has 1 N–H and O–H groups in total. The predicted molar refractivity (Wildman–Crippen MR) is 80.8 cm³/mol. The molecule has 0 saturated heterocycles. The molecule has 0 aliphatic carbocycles. The Hall–Kier alpha value is -3.28. The molecule has 3 aromatic rings. The maximum Gasteiger partial charge on any atom is 0.336 e. The largest absolute Gasteiger partial charge is 0.478 e. The van der Waals surface area contributed by atoms with Crippen LogP contribution < -0.4 is 0 Å². The van der Waals surface area contributed by atoms with Gasteiger partial charge in [-0.05, 0) is 18.2 Å². The van der Waals surface area contributed by atoms with Gasteiger partial charge in [0.25, 0.3) is 5.69 Å². The van der Waals surface area contributed by atoms with Crippen molar-refractivity contribution >= 4 is 22.6 Å². The first-order chi connectivity index (χ1) is 10.6. The van der Waals surface area contributed by atoms with Crippen LogP contribution in [0.4, 0.5) is 5.69 Å². The number of nitro groups is 1. The predicted octanol–water partition coefficient (Wildman–Crippen LogP) is 3.51. The first kappa shape index (κ1) is 13.7. The molecule has 0 bridgehead atoms. The van der Waals surface area contributed by atoms with Crippen LogP contribution in [-0.2, 0) is 0 Å². The number of fused-ring (bicyclic) bond motifs is 1. The average Bonchev–Trinajstić information content (AvgIpc) is 2.53. The van der Waals surface area contributed by atoms with Gasteiger partial charge in [0.15, 0.2) is 0 Å². The SMILES string of the molecule is O=C(O)c1cc(-c2ccccc2[N+](=O)[O-])nc2ccccc12. The zero-order valence-electron chi connectivity index (χ0n) is 11.3. The molecule has 0 aliphatic rings. The Labute approximate surface area is 124 Å². The summed E-state index contributed by atoms with van der Waals surface area (Å²) < 4.78 is 0. The molecule has 108 valence electrons. The van der Waals surface area contributed by atoms with E-state index >= 15 is 0 Å². The monoisotopic (exact) mass is 294 g/mol. The summed E-state index contributed by atoms with van der Waals surface area (Å²) in [4.78, 5) is 26.5. The lowest BCUT2D eigenvalue weighted by Gasteiger charge is -2.07. The Morgan fingerprint density at radius 2 is 1.77 bits per heavy atom. The standard InChI is InChI=1S/C16H10N2O4/c19-16(20)12-9-14(17-13-7-3-1-5-10(12)13)11-6-2-4-8-15(11)18(21)22/h1-9H,(H,19,20). The molecular formula is C16H10N2O4. The van der Waals surface area contributed by atoms with E-state index in [0.717, 1.165) is 0 Å². The van der Waals surface area contributed by atoms with Crippen molar-refractivity contribution in [1.29, 1.82) is 0 Å². The lowest BCUT2D eigenvalue weighted by molar-refractivity contribution is -0.384. The molecule has 0 spiro atoms. The molecule has 0 amide bonds. The van der Waals surface area contributed by atoms with Crippen LogP contribution >= 0.6 is 0 Å². The molecule has 1 aromatic heterocycles. The van der Waals surface area contributed by atoms with E-state index < -0.39 is 10.9 Å². The summed E-state index contributed by atoms with van der Waals surface area (Å²) in [5.41, 5.74) is 1.00. The highest BCUT2D eigenvalue weighted by Gasteiger charge is 2.18. The highest BCUT2D eigenvalue weighted by Crippen LogP contribution is 2.31. The van der Waals surface area contributed by atoms with Crippen molar-refractivity contribution in [3.8, 4) is 11.3 Å². The molecule has 0 radical (unpaired) electrons. The lowest BCUT2D eigenvalue weighted by atomic mass is 10.0. The van der Waals surface area contributed by atoms with Gasteiger partial charge in [0.2, 0.25) is 0 Å². The van der Waals surface area contributed by atoms with E-state index in [1.165, 1.54) is 12.1 Å². The van der Waals surface area contributed by atoms with E-state index in [9.17, 15) is 20.0 Å². The van der Waals surface area contributed by atoms with Crippen molar-refractivity contribution in [2.45, 2.75) is 0 Å². The van der Waals surface area contributed by atoms with Gasteiger partial charge in [0.05, 0.1) is 27.3 Å². The smallest absolute Gasteiger partial charge is 0.336 e. The van der Waals surface area contributed by atoms with Gasteiger partial charge in [-0.15, -0.1) is 0 Å². The summed E-state index contributed by atoms with van der Waals surface area (Å²) in [7, 11) is 0. The normalized spacial score (nSPS) is 10.5. The third-order valence-corrected chi connectivity index (χ3v) is 3.32. The van der Waals surface area contributed by atoms with Crippen molar-refractivity contribution in [3.05, 3.63) is 70.3 Å². The third kappa shape index (κ3) is 2.26. The van der Waals surface area contributed by atoms with Gasteiger partial charge in [0.1, 0.15) is 0 Å². The van der Waals surface area contributed by atoms with Gasteiger partial charge in [0, 0.05) is 11.5 Å². The van der Waals surface area contributed by atoms with Crippen molar-refractivity contribution in [1.82, 2.24) is 4.98 Å². The number of carbonyl (C=O) groups is 1. The first-order valence-electron chi connectivity index (χ1n) is 6.45. The molecule has 0 saturated carbocycles. The van der Waals surface area contributed by atoms with Crippen molar-refractivity contribution < 1.29 is 14.8 Å². The number of para-hydroxylation sites is 2. The van der Waals surface area contributed by atoms with Crippen LogP contribution in [0.5, 0.6) is 0 Å². The molecule has 3 rings (SSSR count). The number of carboxylic acid groups (broad SMARTS) is 1. The topological polar surface area (TPSA) is 93.3 Å². The van der Waals surface area contributed by atoms with E-state index in [-0.39, 0.29) is 16.9 Å². The molecule has 0 fully saturated rings. The van der Waals surface area contributed by atoms with Crippen LogP contribution in [0.2, 0.25) is 0 Å². The Bertz CT molecular complexity index is 906. The highest BCUT2D eigenvalue weighted by molar-refractivity contribution is 6.03. The van der Waals surface area contributed by atoms with Gasteiger partial charge in [-0.25, -0.2) is 9.78 Å². The molecular weight excluding hydrogens is 284 g/mol. The maximum absolute atomic E-state index is 11.5. The number of hydrogen-bond donors (Lipinski definition) is 1. The van der Waals surface area contributed by atoms with Gasteiger partial charge in [-0.2, -0.15) is 0 Å². The number of rotatable bonds is 3. The molecule has 0 atom stereocenters. The number of benzene rings is 2. The number of pyridine rings is 1. The summed E-state index contributed by atoms with van der Waals surface area (Å²) in [5.74, 6) is -1.10. The quantitative estimate of drug-likeness (QED) is 0.589. The number of carboxylic acids is 1. The summed E-state index contributed by atoms with van der Waals surface area (Å²) in [5, 5.41) is 21.0. The second-order valence-electron chi connectivity index (χ2n) is 4.65. The minimum atomic E-state index is -1.10. The summed E-state index contributed by atoms with van der Waals surface area (Å²) in [6.07, 6.45) is 0. The molecule has 2 aromatic carbocycles. The first-order valence-corrected chi connectivity index (χ1v) is 6.45. The van der Waals surface area contributed by atoms with Gasteiger partial charge in [-0.3, -0.25) is 10.1 Å². The minimum absolute atomic E-state index is 0.0683. The van der Waals surface area contributed by atoms with E-state index in [2.05, 4.69) is 4.98 Å². The number of aromatic nitrogens is 1. The third-order valence-electron chi connectivity index (χ3n) is 3.32. The zero-order valence-corrected chi connectivity index (χ0v) is 11.3. The Balaban J connectivity index is 2.33. The molecule has 1 heterocycles. The molecule has 22 heavy (non-hydrogen) atoms. The van der Waals surface area contributed by atoms with Crippen molar-refractivity contribution in [3.63, 3.8) is 0 Å². The lowest BCUT2D eigenvalue weighted by Crippen LogP contribution is -2.01. The van der Waals surface area contributed by atoms with Gasteiger partial charge < -0.3 is 5.11 Å². The fourth-order valence-corrected chi connectivity index (χ4v) is 2.34. The number of hydrogen-bond acceptors (Lipinski definition) is 4. The Kier molecular flexibility index (Phi) is 3.27. The molecule has 6 nitrogen and oxygen atoms in total. The number of aromatic carboxylic acids is 1. The highest BCUT2D eigenvalue weighted by atomic mass is 16.6. The van der Waals surface area contributed by atoms with Crippen LogP contribution in [0.15, 0.2) is 54.6 Å².